The van der Waals surface area contributed by atoms with Gasteiger partial charge in [0.2, 0.25) is 0 Å². The SMILES string of the molecule is N#Cc1ccc(C2NC(=O)NC2=O)c(N2CCCC2)c1. The van der Waals surface area contributed by atoms with Crippen LogP contribution in [0.25, 0.3) is 0 Å². The summed E-state index contributed by atoms with van der Waals surface area (Å²) in [6.07, 6.45) is 2.19. The number of nitrogens with one attached hydrogen (secondary N) is 2. The normalized spacial score (nSPS) is 21.6. The highest BCUT2D eigenvalue weighted by atomic mass is 16.2. The number of hydrogen-bond acceptors (Lipinski definition) is 4. The van der Waals surface area contributed by atoms with Crippen molar-refractivity contribution in [1.29, 1.82) is 5.26 Å². The molecule has 6 nitrogen and oxygen atoms in total. The molecular formula is C14H14N4O2. The predicted octanol–water partition coefficient (Wildman–Crippen LogP) is 1.04. The molecule has 2 N–H and O–H groups in total. The second-order valence-corrected chi connectivity index (χ2v) is 4.98. The zero-order valence-corrected chi connectivity index (χ0v) is 10.8. The van der Waals surface area contributed by atoms with Crippen molar-refractivity contribution in [3.63, 3.8) is 0 Å². The summed E-state index contributed by atoms with van der Waals surface area (Å²) < 4.78 is 0. The van der Waals surface area contributed by atoms with Crippen molar-refractivity contribution in [3.8, 4) is 6.07 Å². The number of carbonyl (C=O) groups excluding carboxylic acids is 2. The van der Waals surface area contributed by atoms with Gasteiger partial charge < -0.3 is 10.2 Å². The van der Waals surface area contributed by atoms with E-state index in [4.69, 9.17) is 5.26 Å². The number of amides is 3. The van der Waals surface area contributed by atoms with E-state index in [-0.39, 0.29) is 5.91 Å². The average molecular weight is 270 g/mol. The Labute approximate surface area is 116 Å². The molecule has 3 rings (SSSR count). The van der Waals surface area contributed by atoms with Crippen molar-refractivity contribution in [2.45, 2.75) is 18.9 Å². The van der Waals surface area contributed by atoms with Crippen LogP contribution >= 0.6 is 0 Å². The Morgan fingerprint density at radius 1 is 1.25 bits per heavy atom. The van der Waals surface area contributed by atoms with Crippen molar-refractivity contribution < 1.29 is 9.59 Å². The Morgan fingerprint density at radius 2 is 2.00 bits per heavy atom. The van der Waals surface area contributed by atoms with Crippen molar-refractivity contribution in [3.05, 3.63) is 29.3 Å². The minimum absolute atomic E-state index is 0.347. The molecule has 1 atom stereocenters. The van der Waals surface area contributed by atoms with Crippen molar-refractivity contribution >= 4 is 17.6 Å². The van der Waals surface area contributed by atoms with E-state index in [0.29, 0.717) is 5.56 Å². The molecule has 1 aromatic carbocycles. The second-order valence-electron chi connectivity index (χ2n) is 4.98. The highest BCUT2D eigenvalue weighted by molar-refractivity contribution is 6.05. The number of benzene rings is 1. The predicted molar refractivity (Wildman–Crippen MR) is 72.0 cm³/mol. The third-order valence-electron chi connectivity index (χ3n) is 3.69. The molecule has 0 spiro atoms. The zero-order valence-electron chi connectivity index (χ0n) is 10.8. The molecule has 0 bridgehead atoms. The van der Waals surface area contributed by atoms with Gasteiger partial charge in [-0.25, -0.2) is 4.79 Å². The van der Waals surface area contributed by atoms with Crippen LogP contribution in [0.5, 0.6) is 0 Å². The second kappa shape index (κ2) is 4.85. The number of rotatable bonds is 2. The highest BCUT2D eigenvalue weighted by Crippen LogP contribution is 2.31. The van der Waals surface area contributed by atoms with Crippen LogP contribution in [0.15, 0.2) is 18.2 Å². The van der Waals surface area contributed by atoms with Crippen LogP contribution in [0.1, 0.15) is 30.0 Å². The monoisotopic (exact) mass is 270 g/mol. The maximum atomic E-state index is 11.8. The molecule has 102 valence electrons. The summed E-state index contributed by atoms with van der Waals surface area (Å²) in [5, 5.41) is 13.9. The highest BCUT2D eigenvalue weighted by Gasteiger charge is 2.33. The Hall–Kier alpha value is -2.55. The van der Waals surface area contributed by atoms with Crippen LogP contribution in [0.2, 0.25) is 0 Å². The number of nitrogens with zero attached hydrogens (tertiary/aromatic N) is 2. The molecule has 3 amide bonds. The molecule has 0 aliphatic carbocycles. The van der Waals surface area contributed by atoms with E-state index in [1.54, 1.807) is 18.2 Å². The number of hydrogen-bond donors (Lipinski definition) is 2. The summed E-state index contributed by atoms with van der Waals surface area (Å²) in [4.78, 5) is 25.3. The molecule has 20 heavy (non-hydrogen) atoms. The molecule has 1 aromatic rings. The first kappa shape index (κ1) is 12.5. The molecule has 2 saturated heterocycles. The zero-order chi connectivity index (χ0) is 14.1. The smallest absolute Gasteiger partial charge is 0.322 e. The van der Waals surface area contributed by atoms with Gasteiger partial charge in [-0.15, -0.1) is 0 Å². The maximum absolute atomic E-state index is 11.8. The maximum Gasteiger partial charge on any atom is 0.322 e. The molecule has 6 heteroatoms. The van der Waals surface area contributed by atoms with Gasteiger partial charge in [-0.2, -0.15) is 5.26 Å². The van der Waals surface area contributed by atoms with Crippen LogP contribution < -0.4 is 15.5 Å². The van der Waals surface area contributed by atoms with Crippen molar-refractivity contribution in [2.24, 2.45) is 0 Å². The Balaban J connectivity index is 2.03. The van der Waals surface area contributed by atoms with Crippen LogP contribution in [-0.4, -0.2) is 25.0 Å². The van der Waals surface area contributed by atoms with E-state index in [1.165, 1.54) is 0 Å². The standard InChI is InChI=1S/C14H14N4O2/c15-8-9-3-4-10(12-13(19)17-14(20)16-12)11(7-9)18-5-1-2-6-18/h3-4,7,12H,1-2,5-6H2,(H2,16,17,19,20). The number of carbonyl (C=O) groups is 2. The first-order valence-electron chi connectivity index (χ1n) is 6.59. The number of nitriles is 1. The molecule has 2 fully saturated rings. The van der Waals surface area contributed by atoms with Gasteiger partial charge in [-0.3, -0.25) is 10.1 Å². The van der Waals surface area contributed by atoms with Crippen molar-refractivity contribution in [2.75, 3.05) is 18.0 Å². The van der Waals surface area contributed by atoms with Gasteiger partial charge >= 0.3 is 6.03 Å². The molecule has 2 aliphatic heterocycles. The Bertz CT molecular complexity index is 614. The fraction of sp³-hybridized carbons (Fsp3) is 0.357. The van der Waals surface area contributed by atoms with E-state index in [9.17, 15) is 9.59 Å². The van der Waals surface area contributed by atoms with Gasteiger partial charge in [0.15, 0.2) is 0 Å². The van der Waals surface area contributed by atoms with E-state index in [2.05, 4.69) is 21.6 Å². The summed E-state index contributed by atoms with van der Waals surface area (Å²) in [6.45, 7) is 1.81. The van der Waals surface area contributed by atoms with Gasteiger partial charge in [0.05, 0.1) is 11.6 Å². The number of urea groups is 1. The molecule has 2 aliphatic rings. The summed E-state index contributed by atoms with van der Waals surface area (Å²) in [7, 11) is 0. The summed E-state index contributed by atoms with van der Waals surface area (Å²) in [6, 6.07) is 6.18. The lowest BCUT2D eigenvalue weighted by atomic mass is 10.0. The fourth-order valence-corrected chi connectivity index (χ4v) is 2.73. The molecule has 1 unspecified atom stereocenters. The van der Waals surface area contributed by atoms with Gasteiger partial charge in [-0.05, 0) is 25.0 Å². The van der Waals surface area contributed by atoms with Crippen LogP contribution in [-0.2, 0) is 4.79 Å². The van der Waals surface area contributed by atoms with Gasteiger partial charge in [-0.1, -0.05) is 6.07 Å². The average Bonchev–Trinajstić information content (AvgIpc) is 3.08. The lowest BCUT2D eigenvalue weighted by Crippen LogP contribution is -2.25. The van der Waals surface area contributed by atoms with E-state index in [0.717, 1.165) is 37.2 Å². The van der Waals surface area contributed by atoms with E-state index >= 15 is 0 Å². The lowest BCUT2D eigenvalue weighted by molar-refractivity contribution is -0.120. The first-order chi connectivity index (χ1) is 9.69. The summed E-state index contributed by atoms with van der Waals surface area (Å²) >= 11 is 0. The topological polar surface area (TPSA) is 85.2 Å². The van der Waals surface area contributed by atoms with Crippen molar-refractivity contribution in [1.82, 2.24) is 10.6 Å². The minimum atomic E-state index is -0.675. The van der Waals surface area contributed by atoms with E-state index < -0.39 is 12.1 Å². The van der Waals surface area contributed by atoms with Crippen LogP contribution in [0.3, 0.4) is 0 Å². The lowest BCUT2D eigenvalue weighted by Gasteiger charge is -2.23. The number of anilines is 1. The minimum Gasteiger partial charge on any atom is -0.371 e. The molecule has 2 heterocycles. The van der Waals surface area contributed by atoms with Crippen LogP contribution in [0, 0.1) is 11.3 Å². The van der Waals surface area contributed by atoms with Gasteiger partial charge in [0.25, 0.3) is 5.91 Å². The molecular weight excluding hydrogens is 256 g/mol. The van der Waals surface area contributed by atoms with Crippen LogP contribution in [0.4, 0.5) is 10.5 Å². The molecule has 0 radical (unpaired) electrons. The van der Waals surface area contributed by atoms with Gasteiger partial charge in [0, 0.05) is 24.3 Å². The Kier molecular flexibility index (Phi) is 3.03. The molecule has 0 saturated carbocycles. The number of imide groups is 1. The third kappa shape index (κ3) is 2.07. The van der Waals surface area contributed by atoms with Gasteiger partial charge in [0.1, 0.15) is 6.04 Å². The van der Waals surface area contributed by atoms with E-state index in [1.807, 2.05) is 0 Å². The fourth-order valence-electron chi connectivity index (χ4n) is 2.73. The summed E-state index contributed by atoms with van der Waals surface area (Å²) in [5.41, 5.74) is 2.17. The summed E-state index contributed by atoms with van der Waals surface area (Å²) in [5.74, 6) is -0.347. The molecule has 0 aromatic heterocycles. The largest absolute Gasteiger partial charge is 0.371 e. The quantitative estimate of drug-likeness (QED) is 0.786. The Morgan fingerprint density at radius 3 is 2.60 bits per heavy atom. The first-order valence-corrected chi connectivity index (χ1v) is 6.59. The third-order valence-corrected chi connectivity index (χ3v) is 3.69.